The molecule has 0 amide bonds. The van der Waals surface area contributed by atoms with Gasteiger partial charge in [0.15, 0.2) is 0 Å². The van der Waals surface area contributed by atoms with Gasteiger partial charge in [-0.1, -0.05) is 19.8 Å². The van der Waals surface area contributed by atoms with Crippen molar-refractivity contribution in [2.75, 3.05) is 19.6 Å². The molecule has 2 aliphatic rings. The van der Waals surface area contributed by atoms with Crippen LogP contribution in [0.3, 0.4) is 0 Å². The molecule has 4 heteroatoms. The maximum Gasteiger partial charge on any atom is 0.250 e. The fourth-order valence-corrected chi connectivity index (χ4v) is 3.31. The Morgan fingerprint density at radius 1 is 1.28 bits per heavy atom. The standard InChI is InChI=1S/C14H26F2N2/c1-2-4-11-7-12(17-8-14(15)16)10-18(9-11)13-5-3-6-13/h11-14,17H,2-10H2,1H3. The van der Waals surface area contributed by atoms with Gasteiger partial charge in [-0.05, 0) is 31.6 Å². The molecule has 0 bridgehead atoms. The van der Waals surface area contributed by atoms with Crippen molar-refractivity contribution in [3.05, 3.63) is 0 Å². The van der Waals surface area contributed by atoms with Crippen LogP contribution < -0.4 is 5.32 Å². The summed E-state index contributed by atoms with van der Waals surface area (Å²) in [7, 11) is 0. The summed E-state index contributed by atoms with van der Waals surface area (Å²) < 4.78 is 24.6. The highest BCUT2D eigenvalue weighted by molar-refractivity contribution is 4.89. The fourth-order valence-electron chi connectivity index (χ4n) is 3.31. The minimum Gasteiger partial charge on any atom is -0.307 e. The Labute approximate surface area is 109 Å². The molecule has 2 rings (SSSR count). The molecule has 1 aliphatic heterocycles. The summed E-state index contributed by atoms with van der Waals surface area (Å²) in [5.41, 5.74) is 0. The van der Waals surface area contributed by atoms with E-state index in [2.05, 4.69) is 17.1 Å². The van der Waals surface area contributed by atoms with E-state index >= 15 is 0 Å². The van der Waals surface area contributed by atoms with E-state index < -0.39 is 6.43 Å². The summed E-state index contributed by atoms with van der Waals surface area (Å²) >= 11 is 0. The van der Waals surface area contributed by atoms with Crippen LogP contribution in [0.4, 0.5) is 8.78 Å². The molecule has 18 heavy (non-hydrogen) atoms. The average Bonchev–Trinajstić information content (AvgIpc) is 2.24. The molecule has 2 nitrogen and oxygen atoms in total. The lowest BCUT2D eigenvalue weighted by atomic mass is 9.85. The molecule has 0 aromatic carbocycles. The van der Waals surface area contributed by atoms with Crippen molar-refractivity contribution < 1.29 is 8.78 Å². The molecule has 0 spiro atoms. The lowest BCUT2D eigenvalue weighted by Crippen LogP contribution is -2.54. The topological polar surface area (TPSA) is 15.3 Å². The number of nitrogens with zero attached hydrogens (tertiary/aromatic N) is 1. The van der Waals surface area contributed by atoms with Crippen molar-refractivity contribution in [1.82, 2.24) is 10.2 Å². The van der Waals surface area contributed by atoms with Crippen molar-refractivity contribution in [3.63, 3.8) is 0 Å². The number of nitrogens with one attached hydrogen (secondary N) is 1. The van der Waals surface area contributed by atoms with Crippen LogP contribution in [0.15, 0.2) is 0 Å². The molecule has 106 valence electrons. The molecule has 1 aliphatic carbocycles. The van der Waals surface area contributed by atoms with Crippen molar-refractivity contribution >= 4 is 0 Å². The number of likely N-dealkylation sites (tertiary alicyclic amines) is 1. The molecule has 1 N–H and O–H groups in total. The smallest absolute Gasteiger partial charge is 0.250 e. The van der Waals surface area contributed by atoms with E-state index in [0.29, 0.717) is 5.92 Å². The number of halogens is 2. The Bertz CT molecular complexity index is 244. The minimum absolute atomic E-state index is 0.151. The molecule has 0 aromatic rings. The van der Waals surface area contributed by atoms with Crippen LogP contribution in [0.25, 0.3) is 0 Å². The Hall–Kier alpha value is -0.220. The third-order valence-corrected chi connectivity index (χ3v) is 4.41. The van der Waals surface area contributed by atoms with Crippen LogP contribution in [-0.2, 0) is 0 Å². The molecule has 1 heterocycles. The highest BCUT2D eigenvalue weighted by Crippen LogP contribution is 2.30. The summed E-state index contributed by atoms with van der Waals surface area (Å²) in [5, 5.41) is 3.05. The van der Waals surface area contributed by atoms with Gasteiger partial charge in [-0.25, -0.2) is 8.78 Å². The normalized spacial score (nSPS) is 30.7. The molecule has 1 saturated carbocycles. The van der Waals surface area contributed by atoms with Crippen LogP contribution in [0, 0.1) is 5.92 Å². The average molecular weight is 260 g/mol. The molecule has 2 fully saturated rings. The van der Waals surface area contributed by atoms with Gasteiger partial charge in [0.25, 0.3) is 6.43 Å². The quantitative estimate of drug-likeness (QED) is 0.790. The van der Waals surface area contributed by atoms with Gasteiger partial charge < -0.3 is 5.32 Å². The van der Waals surface area contributed by atoms with Gasteiger partial charge in [0, 0.05) is 25.2 Å². The van der Waals surface area contributed by atoms with E-state index in [-0.39, 0.29) is 12.6 Å². The first-order valence-electron chi connectivity index (χ1n) is 7.44. The maximum atomic E-state index is 12.3. The number of alkyl halides is 2. The molecule has 0 radical (unpaired) electrons. The van der Waals surface area contributed by atoms with E-state index in [1.807, 2.05) is 0 Å². The maximum absolute atomic E-state index is 12.3. The van der Waals surface area contributed by atoms with E-state index in [1.54, 1.807) is 0 Å². The van der Waals surface area contributed by atoms with E-state index in [4.69, 9.17) is 0 Å². The second kappa shape index (κ2) is 6.80. The van der Waals surface area contributed by atoms with Crippen molar-refractivity contribution in [2.45, 2.75) is 64.0 Å². The van der Waals surface area contributed by atoms with E-state index in [0.717, 1.165) is 19.0 Å². The van der Waals surface area contributed by atoms with Gasteiger partial charge in [0.05, 0.1) is 6.54 Å². The molecule has 2 atom stereocenters. The van der Waals surface area contributed by atoms with Crippen LogP contribution >= 0.6 is 0 Å². The molecule has 1 saturated heterocycles. The molecular formula is C14H26F2N2. The Balaban J connectivity index is 1.84. The van der Waals surface area contributed by atoms with Gasteiger partial charge in [-0.3, -0.25) is 4.90 Å². The van der Waals surface area contributed by atoms with Crippen molar-refractivity contribution in [2.24, 2.45) is 5.92 Å². The number of rotatable bonds is 6. The second-order valence-electron chi connectivity index (χ2n) is 5.93. The number of hydrogen-bond acceptors (Lipinski definition) is 2. The van der Waals surface area contributed by atoms with Crippen molar-refractivity contribution in [1.29, 1.82) is 0 Å². The van der Waals surface area contributed by atoms with Gasteiger partial charge in [-0.15, -0.1) is 0 Å². The Morgan fingerprint density at radius 3 is 2.61 bits per heavy atom. The lowest BCUT2D eigenvalue weighted by Gasteiger charge is -2.45. The first-order valence-corrected chi connectivity index (χ1v) is 7.44. The zero-order valence-corrected chi connectivity index (χ0v) is 11.4. The van der Waals surface area contributed by atoms with Gasteiger partial charge in [0.2, 0.25) is 0 Å². The number of piperidine rings is 1. The minimum atomic E-state index is -2.23. The summed E-state index contributed by atoms with van der Waals surface area (Å²) in [6.45, 7) is 4.22. The van der Waals surface area contributed by atoms with Crippen LogP contribution in [0.2, 0.25) is 0 Å². The SMILES string of the molecule is CCCC1CC(NCC(F)F)CN(C2CCC2)C1. The monoisotopic (exact) mass is 260 g/mol. The van der Waals surface area contributed by atoms with Crippen LogP contribution in [0.5, 0.6) is 0 Å². The third kappa shape index (κ3) is 3.89. The van der Waals surface area contributed by atoms with Crippen LogP contribution in [0.1, 0.15) is 45.4 Å². The molecule has 2 unspecified atom stereocenters. The zero-order valence-electron chi connectivity index (χ0n) is 11.4. The summed E-state index contributed by atoms with van der Waals surface area (Å²) in [6.07, 6.45) is 5.23. The first-order chi connectivity index (χ1) is 8.69. The largest absolute Gasteiger partial charge is 0.307 e. The Morgan fingerprint density at radius 2 is 2.06 bits per heavy atom. The van der Waals surface area contributed by atoms with Crippen molar-refractivity contribution in [3.8, 4) is 0 Å². The number of hydrogen-bond donors (Lipinski definition) is 1. The summed E-state index contributed by atoms with van der Waals surface area (Å²) in [5.74, 6) is 0.694. The van der Waals surface area contributed by atoms with Crippen LogP contribution in [-0.4, -0.2) is 43.0 Å². The Kier molecular flexibility index (Phi) is 5.37. The molecular weight excluding hydrogens is 234 g/mol. The predicted molar refractivity (Wildman–Crippen MR) is 70.0 cm³/mol. The lowest BCUT2D eigenvalue weighted by molar-refractivity contribution is 0.0497. The molecule has 0 aromatic heterocycles. The predicted octanol–water partition coefficient (Wildman–Crippen LogP) is 2.88. The van der Waals surface area contributed by atoms with Gasteiger partial charge >= 0.3 is 0 Å². The third-order valence-electron chi connectivity index (χ3n) is 4.41. The van der Waals surface area contributed by atoms with Gasteiger partial charge in [-0.2, -0.15) is 0 Å². The van der Waals surface area contributed by atoms with Gasteiger partial charge in [0.1, 0.15) is 0 Å². The van der Waals surface area contributed by atoms with E-state index in [9.17, 15) is 8.78 Å². The second-order valence-corrected chi connectivity index (χ2v) is 5.93. The van der Waals surface area contributed by atoms with E-state index in [1.165, 1.54) is 38.6 Å². The highest BCUT2D eigenvalue weighted by Gasteiger charge is 2.33. The fraction of sp³-hybridized carbons (Fsp3) is 1.00. The summed E-state index contributed by atoms with van der Waals surface area (Å²) in [6, 6.07) is 1.01. The summed E-state index contributed by atoms with van der Waals surface area (Å²) in [4.78, 5) is 2.55. The highest BCUT2D eigenvalue weighted by atomic mass is 19.3. The first kappa shape index (κ1) is 14.2. The zero-order chi connectivity index (χ0) is 13.0.